The van der Waals surface area contributed by atoms with Gasteiger partial charge in [0.25, 0.3) is 0 Å². The molecule has 0 radical (unpaired) electrons. The Kier molecular flexibility index (Phi) is 6.51. The molecule has 0 spiro atoms. The topological polar surface area (TPSA) is 30.5 Å². The molecule has 0 amide bonds. The van der Waals surface area contributed by atoms with Crippen LogP contribution >= 0.6 is 0 Å². The molecule has 0 heterocycles. The zero-order valence-corrected chi connectivity index (χ0v) is 12.7. The predicted octanol–water partition coefficient (Wildman–Crippen LogP) is 2.88. The van der Waals surface area contributed by atoms with Gasteiger partial charge in [-0.05, 0) is 37.7 Å². The highest BCUT2D eigenvalue weighted by Gasteiger charge is 2.22. The second-order valence-electron chi connectivity index (χ2n) is 5.68. The van der Waals surface area contributed by atoms with Gasteiger partial charge in [-0.1, -0.05) is 29.8 Å². The van der Waals surface area contributed by atoms with Gasteiger partial charge in [0.2, 0.25) is 0 Å². The number of nitrogens with one attached hydrogen (secondary N) is 1. The van der Waals surface area contributed by atoms with Crippen molar-refractivity contribution in [3.8, 4) is 0 Å². The van der Waals surface area contributed by atoms with Crippen LogP contribution < -0.4 is 5.32 Å². The summed E-state index contributed by atoms with van der Waals surface area (Å²) in [6.07, 6.45) is 3.74. The lowest BCUT2D eigenvalue weighted by Gasteiger charge is -2.18. The Hall–Kier alpha value is -0.900. The fraction of sp³-hybridized carbons (Fsp3) is 0.647. The van der Waals surface area contributed by atoms with Gasteiger partial charge in [0.15, 0.2) is 0 Å². The summed E-state index contributed by atoms with van der Waals surface area (Å²) in [5, 5.41) is 3.64. The van der Waals surface area contributed by atoms with Crippen LogP contribution in [0.2, 0.25) is 0 Å². The first kappa shape index (κ1) is 15.5. The number of benzene rings is 1. The third-order valence-electron chi connectivity index (χ3n) is 3.82. The predicted molar refractivity (Wildman–Crippen MR) is 82.3 cm³/mol. The van der Waals surface area contributed by atoms with Crippen LogP contribution in [0.4, 0.5) is 0 Å². The van der Waals surface area contributed by atoms with Crippen molar-refractivity contribution in [3.05, 3.63) is 35.4 Å². The molecule has 1 atom stereocenters. The van der Waals surface area contributed by atoms with Crippen molar-refractivity contribution in [2.24, 2.45) is 0 Å². The maximum atomic E-state index is 5.62. The van der Waals surface area contributed by atoms with Gasteiger partial charge in [-0.3, -0.25) is 0 Å². The van der Waals surface area contributed by atoms with Crippen LogP contribution in [0.15, 0.2) is 24.3 Å². The SMILES string of the molecule is COCCOCCC(CNC1CC1)c1ccc(C)cc1. The quantitative estimate of drug-likeness (QED) is 0.667. The normalized spacial score (nSPS) is 16.3. The first-order valence-electron chi connectivity index (χ1n) is 7.66. The van der Waals surface area contributed by atoms with Crippen LogP contribution in [-0.4, -0.2) is 39.5 Å². The monoisotopic (exact) mass is 277 g/mol. The Labute approximate surface area is 122 Å². The van der Waals surface area contributed by atoms with E-state index in [1.54, 1.807) is 7.11 Å². The Balaban J connectivity index is 1.80. The molecule has 1 unspecified atom stereocenters. The highest BCUT2D eigenvalue weighted by Crippen LogP contribution is 2.23. The number of rotatable bonds is 10. The molecular formula is C17H27NO2. The lowest BCUT2D eigenvalue weighted by Crippen LogP contribution is -2.24. The molecule has 1 fully saturated rings. The number of hydrogen-bond acceptors (Lipinski definition) is 3. The van der Waals surface area contributed by atoms with Crippen molar-refractivity contribution in [1.29, 1.82) is 0 Å². The smallest absolute Gasteiger partial charge is 0.0700 e. The van der Waals surface area contributed by atoms with Crippen molar-refractivity contribution in [1.82, 2.24) is 5.32 Å². The minimum Gasteiger partial charge on any atom is -0.382 e. The van der Waals surface area contributed by atoms with Gasteiger partial charge in [0, 0.05) is 26.3 Å². The fourth-order valence-corrected chi connectivity index (χ4v) is 2.29. The molecule has 1 aromatic rings. The van der Waals surface area contributed by atoms with Gasteiger partial charge in [-0.15, -0.1) is 0 Å². The third-order valence-corrected chi connectivity index (χ3v) is 3.82. The van der Waals surface area contributed by atoms with E-state index in [1.165, 1.54) is 24.0 Å². The summed E-state index contributed by atoms with van der Waals surface area (Å²) in [6.45, 7) is 5.35. The fourth-order valence-electron chi connectivity index (χ4n) is 2.29. The van der Waals surface area contributed by atoms with Crippen LogP contribution in [0.1, 0.15) is 36.3 Å². The zero-order valence-electron chi connectivity index (χ0n) is 12.7. The molecule has 3 heteroatoms. The molecule has 0 bridgehead atoms. The lowest BCUT2D eigenvalue weighted by atomic mass is 9.95. The zero-order chi connectivity index (χ0) is 14.2. The van der Waals surface area contributed by atoms with Crippen LogP contribution in [0.5, 0.6) is 0 Å². The highest BCUT2D eigenvalue weighted by atomic mass is 16.5. The summed E-state index contributed by atoms with van der Waals surface area (Å²) in [6, 6.07) is 9.67. The van der Waals surface area contributed by atoms with Gasteiger partial charge >= 0.3 is 0 Å². The summed E-state index contributed by atoms with van der Waals surface area (Å²) in [7, 11) is 1.71. The average Bonchev–Trinajstić information content (AvgIpc) is 3.27. The summed E-state index contributed by atoms with van der Waals surface area (Å²) < 4.78 is 10.6. The van der Waals surface area contributed by atoms with E-state index >= 15 is 0 Å². The molecule has 1 aliphatic carbocycles. The van der Waals surface area contributed by atoms with Gasteiger partial charge in [0.05, 0.1) is 13.2 Å². The first-order valence-corrected chi connectivity index (χ1v) is 7.66. The van der Waals surface area contributed by atoms with Crippen LogP contribution in [0, 0.1) is 6.92 Å². The Morgan fingerprint density at radius 2 is 1.90 bits per heavy atom. The first-order chi connectivity index (χ1) is 9.79. The van der Waals surface area contributed by atoms with E-state index in [2.05, 4.69) is 36.5 Å². The molecule has 20 heavy (non-hydrogen) atoms. The molecule has 3 nitrogen and oxygen atoms in total. The maximum Gasteiger partial charge on any atom is 0.0700 e. The molecule has 1 aliphatic rings. The molecule has 1 saturated carbocycles. The molecular weight excluding hydrogens is 250 g/mol. The maximum absolute atomic E-state index is 5.62. The van der Waals surface area contributed by atoms with Crippen LogP contribution in [0.25, 0.3) is 0 Å². The minimum absolute atomic E-state index is 0.541. The molecule has 112 valence electrons. The van der Waals surface area contributed by atoms with E-state index in [9.17, 15) is 0 Å². The van der Waals surface area contributed by atoms with E-state index in [0.29, 0.717) is 19.1 Å². The second-order valence-corrected chi connectivity index (χ2v) is 5.68. The van der Waals surface area contributed by atoms with Gasteiger partial charge in [-0.25, -0.2) is 0 Å². The van der Waals surface area contributed by atoms with Crippen molar-refractivity contribution in [3.63, 3.8) is 0 Å². The van der Waals surface area contributed by atoms with Gasteiger partial charge in [0.1, 0.15) is 0 Å². The third kappa shape index (κ3) is 5.61. The van der Waals surface area contributed by atoms with Crippen molar-refractivity contribution < 1.29 is 9.47 Å². The standard InChI is InChI=1S/C17H27NO2/c1-14-3-5-15(6-4-14)16(13-18-17-7-8-17)9-10-20-12-11-19-2/h3-6,16-18H,7-13H2,1-2H3. The molecule has 0 aromatic heterocycles. The van der Waals surface area contributed by atoms with Gasteiger partial charge in [-0.2, -0.15) is 0 Å². The molecule has 2 rings (SSSR count). The minimum atomic E-state index is 0.541. The average molecular weight is 277 g/mol. The van der Waals surface area contributed by atoms with E-state index in [-0.39, 0.29) is 0 Å². The number of hydrogen-bond donors (Lipinski definition) is 1. The molecule has 0 aliphatic heterocycles. The van der Waals surface area contributed by atoms with Crippen LogP contribution in [-0.2, 0) is 9.47 Å². The van der Waals surface area contributed by atoms with Crippen molar-refractivity contribution in [2.75, 3.05) is 33.5 Å². The Morgan fingerprint density at radius 1 is 1.15 bits per heavy atom. The van der Waals surface area contributed by atoms with Gasteiger partial charge < -0.3 is 14.8 Å². The Bertz CT molecular complexity index is 373. The summed E-state index contributed by atoms with van der Waals surface area (Å²) >= 11 is 0. The molecule has 1 aromatic carbocycles. The summed E-state index contributed by atoms with van der Waals surface area (Å²) in [4.78, 5) is 0. The van der Waals surface area contributed by atoms with Crippen molar-refractivity contribution >= 4 is 0 Å². The number of aryl methyl sites for hydroxylation is 1. The number of ether oxygens (including phenoxy) is 2. The largest absolute Gasteiger partial charge is 0.382 e. The Morgan fingerprint density at radius 3 is 2.55 bits per heavy atom. The van der Waals surface area contributed by atoms with E-state index in [0.717, 1.165) is 25.6 Å². The van der Waals surface area contributed by atoms with E-state index in [4.69, 9.17) is 9.47 Å². The molecule has 1 N–H and O–H groups in total. The van der Waals surface area contributed by atoms with Crippen LogP contribution in [0.3, 0.4) is 0 Å². The number of methoxy groups -OCH3 is 1. The summed E-state index contributed by atoms with van der Waals surface area (Å²) in [5.74, 6) is 0.541. The summed E-state index contributed by atoms with van der Waals surface area (Å²) in [5.41, 5.74) is 2.73. The molecule has 0 saturated heterocycles. The highest BCUT2D eigenvalue weighted by molar-refractivity contribution is 5.24. The van der Waals surface area contributed by atoms with Crippen molar-refractivity contribution in [2.45, 2.75) is 38.1 Å². The lowest BCUT2D eigenvalue weighted by molar-refractivity contribution is 0.0669. The second kappa shape index (κ2) is 8.40. The van der Waals surface area contributed by atoms with E-state index < -0.39 is 0 Å². The van der Waals surface area contributed by atoms with E-state index in [1.807, 2.05) is 0 Å².